The SMILES string of the molecule is CCC=C(NCCC)C(Cc1ccccc1)NC(=O)CC(CCCCN)NC(=O)C(CC(C)C)NC(C)=O. The van der Waals surface area contributed by atoms with E-state index >= 15 is 0 Å². The highest BCUT2D eigenvalue weighted by Gasteiger charge is 2.25. The average molecular weight is 530 g/mol. The van der Waals surface area contributed by atoms with Gasteiger partial charge in [0.25, 0.3) is 0 Å². The van der Waals surface area contributed by atoms with E-state index in [2.05, 4.69) is 53.3 Å². The molecular formula is C30H51N5O3. The molecule has 8 heteroatoms. The number of carbonyl (C=O) groups is 3. The van der Waals surface area contributed by atoms with Crippen LogP contribution in [0.5, 0.6) is 0 Å². The van der Waals surface area contributed by atoms with Gasteiger partial charge >= 0.3 is 0 Å². The average Bonchev–Trinajstić information content (AvgIpc) is 2.86. The van der Waals surface area contributed by atoms with E-state index in [1.54, 1.807) is 0 Å². The fourth-order valence-electron chi connectivity index (χ4n) is 4.40. The van der Waals surface area contributed by atoms with Crippen molar-refractivity contribution in [3.05, 3.63) is 47.7 Å². The molecule has 0 saturated heterocycles. The summed E-state index contributed by atoms with van der Waals surface area (Å²) in [5.74, 6) is -0.391. The Hall–Kier alpha value is -2.87. The number of amides is 3. The summed E-state index contributed by atoms with van der Waals surface area (Å²) in [5.41, 5.74) is 7.84. The van der Waals surface area contributed by atoms with Gasteiger partial charge in [0.1, 0.15) is 6.04 Å². The summed E-state index contributed by atoms with van der Waals surface area (Å²) in [6, 6.07) is 8.94. The van der Waals surface area contributed by atoms with E-state index in [4.69, 9.17) is 5.73 Å². The van der Waals surface area contributed by atoms with E-state index in [1.807, 2.05) is 32.0 Å². The quantitative estimate of drug-likeness (QED) is 0.175. The molecule has 0 aliphatic heterocycles. The van der Waals surface area contributed by atoms with Crippen molar-refractivity contribution < 1.29 is 14.4 Å². The smallest absolute Gasteiger partial charge is 0.242 e. The molecule has 1 aromatic carbocycles. The van der Waals surface area contributed by atoms with Crippen molar-refractivity contribution >= 4 is 17.7 Å². The number of benzene rings is 1. The molecule has 3 atom stereocenters. The third kappa shape index (κ3) is 14.2. The molecular weight excluding hydrogens is 478 g/mol. The minimum Gasteiger partial charge on any atom is -0.387 e. The van der Waals surface area contributed by atoms with Gasteiger partial charge in [-0.1, -0.05) is 70.5 Å². The maximum atomic E-state index is 13.4. The minimum atomic E-state index is -0.629. The van der Waals surface area contributed by atoms with E-state index < -0.39 is 6.04 Å². The summed E-state index contributed by atoms with van der Waals surface area (Å²) < 4.78 is 0. The molecule has 0 heterocycles. The lowest BCUT2D eigenvalue weighted by molar-refractivity contribution is -0.129. The van der Waals surface area contributed by atoms with Crippen LogP contribution < -0.4 is 27.0 Å². The lowest BCUT2D eigenvalue weighted by atomic mass is 9.99. The van der Waals surface area contributed by atoms with E-state index in [1.165, 1.54) is 6.92 Å². The molecule has 0 spiro atoms. The van der Waals surface area contributed by atoms with Crippen LogP contribution in [0, 0.1) is 5.92 Å². The number of hydrogen-bond donors (Lipinski definition) is 5. The van der Waals surface area contributed by atoms with Crippen molar-refractivity contribution in [2.75, 3.05) is 13.1 Å². The number of carbonyl (C=O) groups excluding carboxylic acids is 3. The van der Waals surface area contributed by atoms with Gasteiger partial charge in [0.05, 0.1) is 6.04 Å². The largest absolute Gasteiger partial charge is 0.387 e. The molecule has 0 bridgehead atoms. The highest BCUT2D eigenvalue weighted by atomic mass is 16.2. The van der Waals surface area contributed by atoms with Gasteiger partial charge in [0, 0.05) is 31.6 Å². The highest BCUT2D eigenvalue weighted by molar-refractivity contribution is 5.87. The van der Waals surface area contributed by atoms with Crippen LogP contribution in [-0.4, -0.2) is 48.9 Å². The summed E-state index contributed by atoms with van der Waals surface area (Å²) in [7, 11) is 0. The Morgan fingerprint density at radius 3 is 2.26 bits per heavy atom. The Balaban J connectivity index is 3.05. The first-order valence-corrected chi connectivity index (χ1v) is 14.2. The molecule has 1 aromatic rings. The fourth-order valence-corrected chi connectivity index (χ4v) is 4.40. The summed E-state index contributed by atoms with van der Waals surface area (Å²) >= 11 is 0. The molecule has 3 unspecified atom stereocenters. The molecule has 6 N–H and O–H groups in total. The van der Waals surface area contributed by atoms with Crippen LogP contribution in [0.4, 0.5) is 0 Å². The fraction of sp³-hybridized carbons (Fsp3) is 0.633. The number of nitrogens with two attached hydrogens (primary N) is 1. The number of unbranched alkanes of at least 4 members (excludes halogenated alkanes) is 1. The topological polar surface area (TPSA) is 125 Å². The first kappa shape index (κ1) is 33.2. The lowest BCUT2D eigenvalue weighted by Crippen LogP contribution is -2.51. The van der Waals surface area contributed by atoms with Crippen molar-refractivity contribution in [1.82, 2.24) is 21.3 Å². The van der Waals surface area contributed by atoms with Gasteiger partial charge in [-0.15, -0.1) is 0 Å². The first-order valence-electron chi connectivity index (χ1n) is 14.2. The van der Waals surface area contributed by atoms with E-state index in [0.717, 1.165) is 43.5 Å². The summed E-state index contributed by atoms with van der Waals surface area (Å²) in [4.78, 5) is 38.2. The molecule has 0 radical (unpaired) electrons. The van der Waals surface area contributed by atoms with Crippen LogP contribution in [0.25, 0.3) is 0 Å². The van der Waals surface area contributed by atoms with Gasteiger partial charge in [0.15, 0.2) is 0 Å². The van der Waals surface area contributed by atoms with Crippen LogP contribution in [0.2, 0.25) is 0 Å². The number of rotatable bonds is 19. The Kier molecular flexibility index (Phi) is 16.8. The Labute approximate surface area is 230 Å². The van der Waals surface area contributed by atoms with E-state index in [-0.39, 0.29) is 42.1 Å². The van der Waals surface area contributed by atoms with Gasteiger partial charge in [-0.2, -0.15) is 0 Å². The predicted molar refractivity (Wildman–Crippen MR) is 155 cm³/mol. The van der Waals surface area contributed by atoms with Crippen molar-refractivity contribution in [3.8, 4) is 0 Å². The zero-order valence-corrected chi connectivity index (χ0v) is 24.1. The Morgan fingerprint density at radius 2 is 1.68 bits per heavy atom. The Bertz CT molecular complexity index is 857. The van der Waals surface area contributed by atoms with Crippen molar-refractivity contribution in [1.29, 1.82) is 0 Å². The van der Waals surface area contributed by atoms with Crippen molar-refractivity contribution in [3.63, 3.8) is 0 Å². The normalized spacial score (nSPS) is 13.9. The van der Waals surface area contributed by atoms with Crippen molar-refractivity contribution in [2.24, 2.45) is 11.7 Å². The lowest BCUT2D eigenvalue weighted by Gasteiger charge is -2.27. The third-order valence-electron chi connectivity index (χ3n) is 6.18. The predicted octanol–water partition coefficient (Wildman–Crippen LogP) is 3.56. The van der Waals surface area contributed by atoms with Crippen LogP contribution in [0.3, 0.4) is 0 Å². The van der Waals surface area contributed by atoms with Crippen LogP contribution in [0.15, 0.2) is 42.1 Å². The molecule has 0 saturated carbocycles. The molecule has 3 amide bonds. The second-order valence-electron chi connectivity index (χ2n) is 10.4. The summed E-state index contributed by atoms with van der Waals surface area (Å²) in [6.07, 6.45) is 7.57. The second-order valence-corrected chi connectivity index (χ2v) is 10.4. The maximum Gasteiger partial charge on any atom is 0.242 e. The Morgan fingerprint density at radius 1 is 0.974 bits per heavy atom. The summed E-state index contributed by atoms with van der Waals surface area (Å²) in [5, 5.41) is 12.5. The zero-order valence-electron chi connectivity index (χ0n) is 24.1. The molecule has 0 aliphatic carbocycles. The molecule has 214 valence electrons. The van der Waals surface area contributed by atoms with Crippen LogP contribution >= 0.6 is 0 Å². The molecule has 8 nitrogen and oxygen atoms in total. The van der Waals surface area contributed by atoms with Gasteiger partial charge in [0.2, 0.25) is 17.7 Å². The van der Waals surface area contributed by atoms with E-state index in [0.29, 0.717) is 25.8 Å². The van der Waals surface area contributed by atoms with Gasteiger partial charge < -0.3 is 27.0 Å². The van der Waals surface area contributed by atoms with Crippen LogP contribution in [-0.2, 0) is 20.8 Å². The monoisotopic (exact) mass is 529 g/mol. The molecule has 0 aliphatic rings. The van der Waals surface area contributed by atoms with Crippen molar-refractivity contribution in [2.45, 2.75) is 104 Å². The van der Waals surface area contributed by atoms with Gasteiger partial charge in [-0.05, 0) is 56.6 Å². The number of hydrogen-bond acceptors (Lipinski definition) is 5. The van der Waals surface area contributed by atoms with E-state index in [9.17, 15) is 14.4 Å². The molecule has 0 fully saturated rings. The molecule has 1 rings (SSSR count). The van der Waals surface area contributed by atoms with Crippen LogP contribution in [0.1, 0.15) is 85.1 Å². The highest BCUT2D eigenvalue weighted by Crippen LogP contribution is 2.13. The minimum absolute atomic E-state index is 0.121. The maximum absolute atomic E-state index is 13.4. The zero-order chi connectivity index (χ0) is 28.3. The molecule has 0 aromatic heterocycles. The standard InChI is InChI=1S/C30H51N5O3/c1-6-13-26(32-18-7-2)27(20-24-14-9-8-10-15-24)35-29(37)21-25(16-11-12-17-31)34-30(38)28(19-22(3)4)33-23(5)36/h8-10,13-15,22,25,27-28,32H,6-7,11-12,16-21,31H2,1-5H3,(H,33,36)(H,34,38)(H,35,37). The number of nitrogens with one attached hydrogen (secondary N) is 4. The number of allylic oxidation sites excluding steroid dienone is 1. The third-order valence-corrected chi connectivity index (χ3v) is 6.18. The summed E-state index contributed by atoms with van der Waals surface area (Å²) in [6.45, 7) is 11.0. The van der Waals surface area contributed by atoms with Gasteiger partial charge in [-0.25, -0.2) is 0 Å². The first-order chi connectivity index (χ1) is 18.2. The second kappa shape index (κ2) is 19.2. The molecule has 38 heavy (non-hydrogen) atoms. The van der Waals surface area contributed by atoms with Gasteiger partial charge in [-0.3, -0.25) is 14.4 Å².